The fourth-order valence-corrected chi connectivity index (χ4v) is 4.94. The number of morpholine rings is 1. The zero-order valence-electron chi connectivity index (χ0n) is 17.3. The largest absolute Gasteiger partial charge is 0.494 e. The first-order chi connectivity index (χ1) is 14.6. The fraction of sp³-hybridized carbons (Fsp3) is 0.350. The van der Waals surface area contributed by atoms with Gasteiger partial charge in [-0.3, -0.25) is 14.9 Å². The van der Waals surface area contributed by atoms with Crippen molar-refractivity contribution in [3.63, 3.8) is 0 Å². The number of amides is 1. The molecule has 166 valence electrons. The number of methoxy groups -OCH3 is 1. The Kier molecular flexibility index (Phi) is 6.58. The van der Waals surface area contributed by atoms with E-state index in [4.69, 9.17) is 9.47 Å². The number of nitro benzene ring substituents is 1. The van der Waals surface area contributed by atoms with Gasteiger partial charge in [-0.15, -0.1) is 0 Å². The molecule has 1 aliphatic heterocycles. The number of sulfonamides is 1. The molecule has 0 saturated carbocycles. The number of benzene rings is 2. The van der Waals surface area contributed by atoms with Gasteiger partial charge in [0.25, 0.3) is 11.6 Å². The maximum atomic E-state index is 12.9. The number of non-ortho nitro benzene ring substituents is 1. The fourth-order valence-electron chi connectivity index (χ4n) is 3.35. The molecule has 10 nitrogen and oxygen atoms in total. The van der Waals surface area contributed by atoms with Gasteiger partial charge in [0, 0.05) is 24.7 Å². The quantitative estimate of drug-likeness (QED) is 0.530. The molecule has 1 N–H and O–H groups in total. The molecule has 1 fully saturated rings. The Morgan fingerprint density at radius 3 is 2.32 bits per heavy atom. The summed E-state index contributed by atoms with van der Waals surface area (Å²) in [5.41, 5.74) is 0.310. The van der Waals surface area contributed by atoms with E-state index in [9.17, 15) is 23.3 Å². The minimum atomic E-state index is -3.72. The number of carbonyl (C=O) groups is 1. The summed E-state index contributed by atoms with van der Waals surface area (Å²) in [5, 5.41) is 13.5. The van der Waals surface area contributed by atoms with Crippen LogP contribution >= 0.6 is 0 Å². The van der Waals surface area contributed by atoms with Crippen LogP contribution in [-0.2, 0) is 14.8 Å². The van der Waals surface area contributed by atoms with Gasteiger partial charge < -0.3 is 14.8 Å². The summed E-state index contributed by atoms with van der Waals surface area (Å²) in [7, 11) is -2.38. The molecule has 3 rings (SSSR count). The normalized spacial score (nSPS) is 19.6. The Labute approximate surface area is 180 Å². The Hall–Kier alpha value is -3.02. The number of anilines is 1. The summed E-state index contributed by atoms with van der Waals surface area (Å²) in [6.45, 7) is 4.15. The van der Waals surface area contributed by atoms with Gasteiger partial charge in [-0.2, -0.15) is 4.31 Å². The average molecular weight is 449 g/mol. The highest BCUT2D eigenvalue weighted by molar-refractivity contribution is 7.89. The Morgan fingerprint density at radius 1 is 1.16 bits per heavy atom. The van der Waals surface area contributed by atoms with E-state index in [1.165, 1.54) is 53.9 Å². The van der Waals surface area contributed by atoms with Gasteiger partial charge in [-0.1, -0.05) is 0 Å². The van der Waals surface area contributed by atoms with Crippen molar-refractivity contribution in [2.45, 2.75) is 31.0 Å². The molecule has 0 aliphatic carbocycles. The predicted molar refractivity (Wildman–Crippen MR) is 113 cm³/mol. The number of hydrogen-bond acceptors (Lipinski definition) is 7. The zero-order valence-corrected chi connectivity index (χ0v) is 18.1. The van der Waals surface area contributed by atoms with Gasteiger partial charge in [0.1, 0.15) is 5.75 Å². The third-order valence-corrected chi connectivity index (χ3v) is 6.63. The molecule has 1 saturated heterocycles. The predicted octanol–water partition coefficient (Wildman–Crippen LogP) is 2.65. The lowest BCUT2D eigenvalue weighted by Gasteiger charge is -2.34. The van der Waals surface area contributed by atoms with Crippen molar-refractivity contribution < 1.29 is 27.6 Å². The minimum Gasteiger partial charge on any atom is -0.494 e. The molecule has 2 aromatic carbocycles. The van der Waals surface area contributed by atoms with Crippen LogP contribution in [0, 0.1) is 10.1 Å². The summed E-state index contributed by atoms with van der Waals surface area (Å²) in [6.07, 6.45) is -0.416. The number of carbonyl (C=O) groups excluding carboxylic acids is 1. The van der Waals surface area contributed by atoms with E-state index in [2.05, 4.69) is 5.32 Å². The van der Waals surface area contributed by atoms with Crippen LogP contribution < -0.4 is 10.1 Å². The first kappa shape index (κ1) is 22.7. The molecule has 0 unspecified atom stereocenters. The van der Waals surface area contributed by atoms with Crippen LogP contribution in [0.3, 0.4) is 0 Å². The molecule has 31 heavy (non-hydrogen) atoms. The molecular weight excluding hydrogens is 426 g/mol. The molecule has 2 atom stereocenters. The highest BCUT2D eigenvalue weighted by Crippen LogP contribution is 2.29. The second kappa shape index (κ2) is 9.00. The van der Waals surface area contributed by atoms with Crippen LogP contribution in [-0.4, -0.2) is 56.0 Å². The lowest BCUT2D eigenvalue weighted by Crippen LogP contribution is -2.48. The van der Waals surface area contributed by atoms with Gasteiger partial charge in [-0.25, -0.2) is 8.42 Å². The van der Waals surface area contributed by atoms with Gasteiger partial charge in [0.15, 0.2) is 0 Å². The highest BCUT2D eigenvalue weighted by atomic mass is 32.2. The molecule has 1 heterocycles. The number of ether oxygens (including phenoxy) is 2. The Balaban J connectivity index is 1.77. The topological polar surface area (TPSA) is 128 Å². The first-order valence-electron chi connectivity index (χ1n) is 9.51. The number of nitro groups is 1. The number of nitrogens with one attached hydrogen (secondary N) is 1. The number of hydrogen-bond donors (Lipinski definition) is 1. The van der Waals surface area contributed by atoms with Gasteiger partial charge in [0.2, 0.25) is 10.0 Å². The van der Waals surface area contributed by atoms with Crippen LogP contribution in [0.2, 0.25) is 0 Å². The smallest absolute Gasteiger partial charge is 0.273 e. The van der Waals surface area contributed by atoms with Crippen LogP contribution in [0.1, 0.15) is 24.2 Å². The van der Waals surface area contributed by atoms with Crippen molar-refractivity contribution in [2.75, 3.05) is 25.5 Å². The Morgan fingerprint density at radius 2 is 1.77 bits per heavy atom. The maximum absolute atomic E-state index is 12.9. The lowest BCUT2D eigenvalue weighted by atomic mass is 10.2. The average Bonchev–Trinajstić information content (AvgIpc) is 2.73. The van der Waals surface area contributed by atoms with Crippen molar-refractivity contribution in [1.29, 1.82) is 0 Å². The SMILES string of the molecule is COc1cc([N+](=O)[O-])ccc1NC(=O)c1ccc(S(=O)(=O)N2C[C@@H](C)O[C@@H](C)C2)cc1. The minimum absolute atomic E-state index is 0.0817. The first-order valence-corrected chi connectivity index (χ1v) is 10.9. The summed E-state index contributed by atoms with van der Waals surface area (Å²) in [5.74, 6) is -0.373. The molecule has 0 spiro atoms. The molecule has 0 radical (unpaired) electrons. The maximum Gasteiger partial charge on any atom is 0.273 e. The van der Waals surface area contributed by atoms with Gasteiger partial charge >= 0.3 is 0 Å². The lowest BCUT2D eigenvalue weighted by molar-refractivity contribution is -0.384. The molecule has 1 amide bonds. The van der Waals surface area contributed by atoms with Crippen molar-refractivity contribution in [1.82, 2.24) is 4.31 Å². The summed E-state index contributed by atoms with van der Waals surface area (Å²) in [4.78, 5) is 23.0. The monoisotopic (exact) mass is 449 g/mol. The zero-order chi connectivity index (χ0) is 22.8. The van der Waals surface area contributed by atoms with E-state index in [1.54, 1.807) is 0 Å². The Bertz CT molecular complexity index is 1080. The van der Waals surface area contributed by atoms with E-state index in [0.29, 0.717) is 0 Å². The van der Waals surface area contributed by atoms with Crippen molar-refractivity contribution in [2.24, 2.45) is 0 Å². The van der Waals surface area contributed by atoms with Crippen LogP contribution in [0.25, 0.3) is 0 Å². The van der Waals surface area contributed by atoms with E-state index in [0.717, 1.165) is 0 Å². The third-order valence-electron chi connectivity index (χ3n) is 4.78. The molecular formula is C20H23N3O7S. The van der Waals surface area contributed by atoms with Crippen LogP contribution in [0.4, 0.5) is 11.4 Å². The van der Waals surface area contributed by atoms with E-state index in [1.807, 2.05) is 13.8 Å². The second-order valence-electron chi connectivity index (χ2n) is 7.20. The standard InChI is InChI=1S/C20H23N3O7S/c1-13-11-22(12-14(2)30-13)31(27,28)17-7-4-15(5-8-17)20(24)21-18-9-6-16(23(25)26)10-19(18)29-3/h4-10,13-14H,11-12H2,1-3H3,(H,21,24)/t13-,14+. The van der Waals surface area contributed by atoms with Crippen LogP contribution in [0.15, 0.2) is 47.4 Å². The second-order valence-corrected chi connectivity index (χ2v) is 9.14. The van der Waals surface area contributed by atoms with Crippen molar-refractivity contribution >= 4 is 27.3 Å². The van der Waals surface area contributed by atoms with E-state index < -0.39 is 20.9 Å². The van der Waals surface area contributed by atoms with Gasteiger partial charge in [-0.05, 0) is 44.2 Å². The van der Waals surface area contributed by atoms with Crippen LogP contribution in [0.5, 0.6) is 5.75 Å². The molecule has 2 aromatic rings. The summed E-state index contributed by atoms with van der Waals surface area (Å²) < 4.78 is 37.9. The molecule has 0 bridgehead atoms. The van der Waals surface area contributed by atoms with Gasteiger partial charge in [0.05, 0.1) is 40.9 Å². The van der Waals surface area contributed by atoms with E-state index >= 15 is 0 Å². The molecule has 1 aliphatic rings. The number of rotatable bonds is 6. The summed E-state index contributed by atoms with van der Waals surface area (Å²) in [6, 6.07) is 9.40. The number of nitrogens with zero attached hydrogens (tertiary/aromatic N) is 2. The van der Waals surface area contributed by atoms with E-state index in [-0.39, 0.29) is 52.9 Å². The van der Waals surface area contributed by atoms with Crippen molar-refractivity contribution in [3.05, 3.63) is 58.1 Å². The molecule has 0 aromatic heterocycles. The summed E-state index contributed by atoms with van der Waals surface area (Å²) >= 11 is 0. The highest BCUT2D eigenvalue weighted by Gasteiger charge is 2.32. The third kappa shape index (κ3) is 5.01. The van der Waals surface area contributed by atoms with Crippen molar-refractivity contribution in [3.8, 4) is 5.75 Å². The molecule has 11 heteroatoms.